The summed E-state index contributed by atoms with van der Waals surface area (Å²) in [5.41, 5.74) is 5.32. The zero-order valence-corrected chi connectivity index (χ0v) is 13.9. The molecule has 1 saturated carbocycles. The first-order valence-electron chi connectivity index (χ1n) is 6.79. The Balaban J connectivity index is 0.00000242. The van der Waals surface area contributed by atoms with Crippen LogP contribution in [0.1, 0.15) is 31.2 Å². The summed E-state index contributed by atoms with van der Waals surface area (Å²) in [6.45, 7) is 1.79. The van der Waals surface area contributed by atoms with E-state index in [0.717, 1.165) is 18.9 Å². The van der Waals surface area contributed by atoms with Crippen molar-refractivity contribution in [2.24, 2.45) is 5.73 Å². The summed E-state index contributed by atoms with van der Waals surface area (Å²) in [7, 11) is -3.82. The quantitative estimate of drug-likeness (QED) is 0.622. The highest BCUT2D eigenvalue weighted by atomic mass is 35.5. The normalized spacial score (nSPS) is 17.0. The molecule has 1 aromatic rings. The fourth-order valence-electron chi connectivity index (χ4n) is 2.70. The smallest absolute Gasteiger partial charge is 0.273 e. The lowest BCUT2D eigenvalue weighted by atomic mass is 10.0. The topological polar surface area (TPSA) is 115 Å². The van der Waals surface area contributed by atoms with Crippen LogP contribution >= 0.6 is 12.4 Å². The Kier molecular flexibility index (Phi) is 5.91. The van der Waals surface area contributed by atoms with Crippen LogP contribution in [0.5, 0.6) is 0 Å². The van der Waals surface area contributed by atoms with Gasteiger partial charge in [-0.1, -0.05) is 18.9 Å². The molecule has 0 bridgehead atoms. The Bertz CT molecular complexity index is 657. The second-order valence-electron chi connectivity index (χ2n) is 5.50. The Morgan fingerprint density at radius 1 is 1.36 bits per heavy atom. The molecule has 0 unspecified atom stereocenters. The number of nitrogens with two attached hydrogens (primary N) is 1. The molecule has 3 N–H and O–H groups in total. The summed E-state index contributed by atoms with van der Waals surface area (Å²) in [6.07, 6.45) is 3.23. The first-order valence-corrected chi connectivity index (χ1v) is 8.27. The molecule has 2 rings (SSSR count). The Morgan fingerprint density at radius 3 is 2.45 bits per heavy atom. The predicted octanol–water partition coefficient (Wildman–Crippen LogP) is 1.87. The van der Waals surface area contributed by atoms with Gasteiger partial charge in [-0.2, -0.15) is 0 Å². The molecule has 0 amide bonds. The molecule has 1 fully saturated rings. The molecule has 0 atom stereocenters. The van der Waals surface area contributed by atoms with Crippen molar-refractivity contribution >= 4 is 28.1 Å². The minimum atomic E-state index is -3.82. The molecular weight excluding hydrogens is 330 g/mol. The Morgan fingerprint density at radius 2 is 1.95 bits per heavy atom. The third-order valence-corrected chi connectivity index (χ3v) is 5.57. The van der Waals surface area contributed by atoms with Crippen LogP contribution in [0.25, 0.3) is 0 Å². The molecule has 1 aliphatic carbocycles. The molecule has 0 saturated heterocycles. The number of sulfonamides is 1. The van der Waals surface area contributed by atoms with E-state index in [1.165, 1.54) is 12.1 Å². The molecule has 0 aromatic heterocycles. The van der Waals surface area contributed by atoms with Crippen molar-refractivity contribution in [2.75, 3.05) is 6.54 Å². The average Bonchev–Trinajstić information content (AvgIpc) is 2.87. The van der Waals surface area contributed by atoms with Gasteiger partial charge >= 0.3 is 0 Å². The zero-order chi connectivity index (χ0) is 15.7. The van der Waals surface area contributed by atoms with E-state index in [4.69, 9.17) is 5.73 Å². The minimum absolute atomic E-state index is 0. The van der Waals surface area contributed by atoms with Crippen molar-refractivity contribution in [3.63, 3.8) is 0 Å². The fourth-order valence-corrected chi connectivity index (χ4v) is 4.19. The first-order chi connectivity index (χ1) is 9.80. The van der Waals surface area contributed by atoms with Gasteiger partial charge in [-0.25, -0.2) is 13.1 Å². The number of nitrogens with one attached hydrogen (secondary N) is 1. The molecule has 0 radical (unpaired) electrons. The number of benzene rings is 1. The molecule has 9 heteroatoms. The number of hydrogen-bond acceptors (Lipinski definition) is 5. The molecule has 1 aliphatic rings. The van der Waals surface area contributed by atoms with Gasteiger partial charge in [0, 0.05) is 23.7 Å². The third kappa shape index (κ3) is 3.75. The van der Waals surface area contributed by atoms with Gasteiger partial charge in [0.1, 0.15) is 0 Å². The van der Waals surface area contributed by atoms with Crippen LogP contribution in [0.2, 0.25) is 0 Å². The van der Waals surface area contributed by atoms with Crippen molar-refractivity contribution in [1.29, 1.82) is 0 Å². The van der Waals surface area contributed by atoms with Crippen LogP contribution in [-0.4, -0.2) is 25.4 Å². The molecule has 22 heavy (non-hydrogen) atoms. The fraction of sp³-hybridized carbons (Fsp3) is 0.538. The van der Waals surface area contributed by atoms with Crippen LogP contribution in [0, 0.1) is 17.0 Å². The van der Waals surface area contributed by atoms with Crippen LogP contribution < -0.4 is 10.5 Å². The van der Waals surface area contributed by atoms with Gasteiger partial charge in [0.15, 0.2) is 0 Å². The van der Waals surface area contributed by atoms with Crippen molar-refractivity contribution in [3.8, 4) is 0 Å². The van der Waals surface area contributed by atoms with Gasteiger partial charge in [0.2, 0.25) is 10.0 Å². The van der Waals surface area contributed by atoms with Crippen LogP contribution in [-0.2, 0) is 10.0 Å². The SMILES string of the molecule is Cc1ccc(S(=O)(=O)NC2(CN)CCCC2)cc1[N+](=O)[O-].Cl. The molecular formula is C13H20ClN3O4S. The van der Waals surface area contributed by atoms with Crippen LogP contribution in [0.15, 0.2) is 23.1 Å². The lowest BCUT2D eigenvalue weighted by Gasteiger charge is -2.28. The Labute approximate surface area is 135 Å². The molecule has 124 valence electrons. The third-order valence-electron chi connectivity index (χ3n) is 3.99. The predicted molar refractivity (Wildman–Crippen MR) is 85.7 cm³/mol. The standard InChI is InChI=1S/C13H19N3O4S.ClH/c1-10-4-5-11(8-12(10)16(17)18)21(19,20)15-13(9-14)6-2-3-7-13;/h4-5,8,15H,2-3,6-7,9,14H2,1H3;1H. The number of nitrogens with zero attached hydrogens (tertiary/aromatic N) is 1. The van der Waals surface area contributed by atoms with E-state index in [1.807, 2.05) is 0 Å². The monoisotopic (exact) mass is 349 g/mol. The summed E-state index contributed by atoms with van der Waals surface area (Å²) in [5.74, 6) is 0. The zero-order valence-electron chi connectivity index (χ0n) is 12.2. The van der Waals surface area contributed by atoms with E-state index < -0.39 is 20.5 Å². The average molecular weight is 350 g/mol. The highest BCUT2D eigenvalue weighted by Gasteiger charge is 2.37. The van der Waals surface area contributed by atoms with Crippen LogP contribution in [0.3, 0.4) is 0 Å². The number of nitro groups is 1. The summed E-state index contributed by atoms with van der Waals surface area (Å²) >= 11 is 0. The van der Waals surface area contributed by atoms with Gasteiger partial charge < -0.3 is 5.73 Å². The highest BCUT2D eigenvalue weighted by molar-refractivity contribution is 7.89. The second-order valence-corrected chi connectivity index (χ2v) is 7.18. The summed E-state index contributed by atoms with van der Waals surface area (Å²) in [6, 6.07) is 3.91. The lowest BCUT2D eigenvalue weighted by molar-refractivity contribution is -0.385. The van der Waals surface area contributed by atoms with Crippen molar-refractivity contribution < 1.29 is 13.3 Å². The van der Waals surface area contributed by atoms with E-state index >= 15 is 0 Å². The second kappa shape index (κ2) is 6.91. The summed E-state index contributed by atoms with van der Waals surface area (Å²) in [5, 5.41) is 10.9. The largest absolute Gasteiger partial charge is 0.329 e. The van der Waals surface area contributed by atoms with Gasteiger partial charge in [-0.3, -0.25) is 10.1 Å². The van der Waals surface area contributed by atoms with Crippen LogP contribution in [0.4, 0.5) is 5.69 Å². The Hall–Kier alpha value is -1.22. The molecule has 0 aliphatic heterocycles. The lowest BCUT2D eigenvalue weighted by Crippen LogP contribution is -2.51. The minimum Gasteiger partial charge on any atom is -0.329 e. The van der Waals surface area contributed by atoms with Crippen molar-refractivity contribution in [3.05, 3.63) is 33.9 Å². The molecule has 1 aromatic carbocycles. The number of aryl methyl sites for hydroxylation is 1. The number of halogens is 1. The summed E-state index contributed by atoms with van der Waals surface area (Å²) < 4.78 is 27.5. The van der Waals surface area contributed by atoms with E-state index in [-0.39, 0.29) is 29.5 Å². The number of hydrogen-bond donors (Lipinski definition) is 2. The maximum Gasteiger partial charge on any atom is 0.273 e. The maximum absolute atomic E-state index is 12.4. The van der Waals surface area contributed by atoms with E-state index in [2.05, 4.69) is 4.72 Å². The van der Waals surface area contributed by atoms with Gasteiger partial charge in [0.05, 0.1) is 9.82 Å². The van der Waals surface area contributed by atoms with Gasteiger partial charge in [0.25, 0.3) is 5.69 Å². The van der Waals surface area contributed by atoms with E-state index in [0.29, 0.717) is 18.4 Å². The van der Waals surface area contributed by atoms with E-state index in [9.17, 15) is 18.5 Å². The number of rotatable bonds is 5. The molecule has 0 heterocycles. The van der Waals surface area contributed by atoms with Gasteiger partial charge in [-0.15, -0.1) is 12.4 Å². The van der Waals surface area contributed by atoms with E-state index in [1.54, 1.807) is 6.92 Å². The maximum atomic E-state index is 12.4. The first kappa shape index (κ1) is 18.8. The van der Waals surface area contributed by atoms with Gasteiger partial charge in [-0.05, 0) is 25.8 Å². The molecule has 7 nitrogen and oxygen atoms in total. The summed E-state index contributed by atoms with van der Waals surface area (Å²) in [4.78, 5) is 10.3. The van der Waals surface area contributed by atoms with Crippen molar-refractivity contribution in [2.45, 2.75) is 43.0 Å². The number of nitro benzene ring substituents is 1. The highest BCUT2D eigenvalue weighted by Crippen LogP contribution is 2.31. The molecule has 0 spiro atoms. The van der Waals surface area contributed by atoms with Crippen molar-refractivity contribution in [1.82, 2.24) is 4.72 Å².